The number of hydrogen-bond acceptors (Lipinski definition) is 3. The Kier molecular flexibility index (Phi) is 3.85. The maximum absolute atomic E-state index is 12.3. The molecule has 1 unspecified atom stereocenters. The van der Waals surface area contributed by atoms with E-state index in [2.05, 4.69) is 5.32 Å². The molecular formula is C15H12Cl2N2O3. The molecule has 7 heteroatoms. The van der Waals surface area contributed by atoms with E-state index in [-0.39, 0.29) is 24.1 Å². The summed E-state index contributed by atoms with van der Waals surface area (Å²) < 4.78 is 6.90. The van der Waals surface area contributed by atoms with Gasteiger partial charge >= 0.3 is 0 Å². The number of halogens is 2. The summed E-state index contributed by atoms with van der Waals surface area (Å²) in [5.41, 5.74) is 0.828. The fourth-order valence-corrected chi connectivity index (χ4v) is 2.65. The third-order valence-corrected chi connectivity index (χ3v) is 4.31. The molecule has 3 rings (SSSR count). The average Bonchev–Trinajstić information content (AvgIpc) is 2.89. The molecule has 1 atom stereocenters. The lowest BCUT2D eigenvalue weighted by molar-refractivity contribution is 0.0930. The lowest BCUT2D eigenvalue weighted by Crippen LogP contribution is -2.30. The first kappa shape index (κ1) is 14.9. The van der Waals surface area contributed by atoms with Crippen LogP contribution in [0.3, 0.4) is 0 Å². The lowest BCUT2D eigenvalue weighted by atomic mass is 10.1. The summed E-state index contributed by atoms with van der Waals surface area (Å²) in [5.74, 6) is 0.147. The van der Waals surface area contributed by atoms with Crippen LogP contribution in [0.15, 0.2) is 35.3 Å². The molecule has 114 valence electrons. The number of amides is 1. The van der Waals surface area contributed by atoms with Crippen LogP contribution in [0.25, 0.3) is 0 Å². The van der Waals surface area contributed by atoms with E-state index >= 15 is 0 Å². The molecule has 1 aliphatic rings. The van der Waals surface area contributed by atoms with Crippen molar-refractivity contribution in [2.75, 3.05) is 6.61 Å². The Labute approximate surface area is 136 Å². The van der Waals surface area contributed by atoms with Crippen LogP contribution in [-0.2, 0) is 7.05 Å². The second-order valence-electron chi connectivity index (χ2n) is 4.98. The first-order chi connectivity index (χ1) is 10.5. The van der Waals surface area contributed by atoms with Crippen LogP contribution >= 0.6 is 23.2 Å². The highest BCUT2D eigenvalue weighted by Crippen LogP contribution is 2.42. The van der Waals surface area contributed by atoms with Gasteiger partial charge in [0.25, 0.3) is 11.5 Å². The topological polar surface area (TPSA) is 60.3 Å². The van der Waals surface area contributed by atoms with Crippen molar-refractivity contribution in [3.63, 3.8) is 0 Å². The van der Waals surface area contributed by atoms with Gasteiger partial charge in [-0.1, -0.05) is 29.3 Å². The van der Waals surface area contributed by atoms with Crippen molar-refractivity contribution < 1.29 is 9.53 Å². The molecule has 0 aliphatic carbocycles. The van der Waals surface area contributed by atoms with Crippen LogP contribution in [0, 0.1) is 0 Å². The molecule has 1 aliphatic heterocycles. The Bertz CT molecular complexity index is 817. The third kappa shape index (κ3) is 2.58. The van der Waals surface area contributed by atoms with Gasteiger partial charge in [-0.15, -0.1) is 0 Å². The highest BCUT2D eigenvalue weighted by Gasteiger charge is 2.28. The Morgan fingerprint density at radius 2 is 2.14 bits per heavy atom. The van der Waals surface area contributed by atoms with E-state index in [1.165, 1.54) is 10.6 Å². The zero-order chi connectivity index (χ0) is 15.9. The van der Waals surface area contributed by atoms with Crippen molar-refractivity contribution in [2.45, 2.75) is 6.04 Å². The van der Waals surface area contributed by atoms with Crippen LogP contribution < -0.4 is 15.6 Å². The van der Waals surface area contributed by atoms with E-state index in [1.54, 1.807) is 31.4 Å². The van der Waals surface area contributed by atoms with E-state index in [1.807, 2.05) is 0 Å². The standard InChI is InChI=1S/C15H12Cl2N2O3/c1-19-5-4-8(6-12(19)20)15(21)18-11-7-22-14-9(11)2-3-10(16)13(14)17/h2-6,11H,7H2,1H3,(H,18,21). The predicted molar refractivity (Wildman–Crippen MR) is 83.8 cm³/mol. The van der Waals surface area contributed by atoms with Crippen LogP contribution in [0.2, 0.25) is 10.0 Å². The predicted octanol–water partition coefficient (Wildman–Crippen LogP) is 2.56. The average molecular weight is 339 g/mol. The van der Waals surface area contributed by atoms with Gasteiger partial charge in [-0.3, -0.25) is 9.59 Å². The van der Waals surface area contributed by atoms with Crippen molar-refractivity contribution in [2.24, 2.45) is 7.05 Å². The van der Waals surface area contributed by atoms with Crippen LogP contribution in [0.4, 0.5) is 0 Å². The van der Waals surface area contributed by atoms with Gasteiger partial charge in [0.1, 0.15) is 17.4 Å². The molecule has 1 N–H and O–H groups in total. The molecule has 0 saturated heterocycles. The summed E-state index contributed by atoms with van der Waals surface area (Å²) in [6, 6.07) is 5.98. The first-order valence-corrected chi connectivity index (χ1v) is 7.31. The van der Waals surface area contributed by atoms with Crippen LogP contribution in [0.5, 0.6) is 5.75 Å². The number of carbonyl (C=O) groups is 1. The van der Waals surface area contributed by atoms with E-state index in [0.717, 1.165) is 5.56 Å². The number of benzene rings is 1. The number of ether oxygens (including phenoxy) is 1. The van der Waals surface area contributed by atoms with Crippen molar-refractivity contribution >= 4 is 29.1 Å². The molecule has 0 spiro atoms. The van der Waals surface area contributed by atoms with Gasteiger partial charge in [0.05, 0.1) is 11.1 Å². The monoisotopic (exact) mass is 338 g/mol. The summed E-state index contributed by atoms with van der Waals surface area (Å²) in [6.07, 6.45) is 1.55. The van der Waals surface area contributed by atoms with Gasteiger partial charge in [-0.05, 0) is 12.1 Å². The number of aryl methyl sites for hydroxylation is 1. The van der Waals surface area contributed by atoms with Crippen molar-refractivity contribution in [3.05, 3.63) is 62.0 Å². The van der Waals surface area contributed by atoms with E-state index < -0.39 is 0 Å². The summed E-state index contributed by atoms with van der Waals surface area (Å²) in [5, 5.41) is 3.57. The second-order valence-corrected chi connectivity index (χ2v) is 5.77. The summed E-state index contributed by atoms with van der Waals surface area (Å²) in [6.45, 7) is 0.270. The number of aromatic nitrogens is 1. The van der Waals surface area contributed by atoms with Gasteiger partial charge in [0, 0.05) is 30.4 Å². The number of fused-ring (bicyclic) bond motifs is 1. The Morgan fingerprint density at radius 3 is 2.86 bits per heavy atom. The van der Waals surface area contributed by atoms with Gasteiger partial charge in [0.15, 0.2) is 0 Å². The Morgan fingerprint density at radius 1 is 1.36 bits per heavy atom. The molecule has 0 saturated carbocycles. The fraction of sp³-hybridized carbons (Fsp3) is 0.200. The number of rotatable bonds is 2. The molecule has 22 heavy (non-hydrogen) atoms. The van der Waals surface area contributed by atoms with Crippen molar-refractivity contribution in [3.8, 4) is 5.75 Å². The van der Waals surface area contributed by atoms with E-state index in [4.69, 9.17) is 27.9 Å². The molecule has 2 aromatic rings. The highest BCUT2D eigenvalue weighted by atomic mass is 35.5. The quantitative estimate of drug-likeness (QED) is 0.915. The highest BCUT2D eigenvalue weighted by molar-refractivity contribution is 6.43. The van der Waals surface area contributed by atoms with Crippen molar-refractivity contribution in [1.82, 2.24) is 9.88 Å². The van der Waals surface area contributed by atoms with Crippen molar-refractivity contribution in [1.29, 1.82) is 0 Å². The summed E-state index contributed by atoms with van der Waals surface area (Å²) >= 11 is 12.0. The largest absolute Gasteiger partial charge is 0.489 e. The maximum atomic E-state index is 12.3. The van der Waals surface area contributed by atoms with E-state index in [9.17, 15) is 9.59 Å². The molecule has 2 heterocycles. The molecular weight excluding hydrogens is 327 g/mol. The lowest BCUT2D eigenvalue weighted by Gasteiger charge is -2.12. The third-order valence-electron chi connectivity index (χ3n) is 3.52. The number of hydrogen-bond donors (Lipinski definition) is 1. The number of nitrogens with zero attached hydrogens (tertiary/aromatic N) is 1. The molecule has 0 bridgehead atoms. The summed E-state index contributed by atoms with van der Waals surface area (Å²) in [4.78, 5) is 23.8. The minimum Gasteiger partial charge on any atom is -0.489 e. The van der Waals surface area contributed by atoms with Gasteiger partial charge < -0.3 is 14.6 Å². The first-order valence-electron chi connectivity index (χ1n) is 6.55. The minimum absolute atomic E-state index is 0.245. The number of nitrogens with one attached hydrogen (secondary N) is 1. The van der Waals surface area contributed by atoms with E-state index in [0.29, 0.717) is 21.4 Å². The number of pyridine rings is 1. The molecule has 0 radical (unpaired) electrons. The fourth-order valence-electron chi connectivity index (χ4n) is 2.28. The normalized spacial score (nSPS) is 16.0. The van der Waals surface area contributed by atoms with Gasteiger partial charge in [0.2, 0.25) is 0 Å². The number of carbonyl (C=O) groups excluding carboxylic acids is 1. The van der Waals surface area contributed by atoms with Gasteiger partial charge in [-0.25, -0.2) is 0 Å². The molecule has 1 aromatic carbocycles. The minimum atomic E-state index is -0.342. The maximum Gasteiger partial charge on any atom is 0.252 e. The SMILES string of the molecule is Cn1ccc(C(=O)NC2COc3c2ccc(Cl)c3Cl)cc1=O. The molecule has 1 aromatic heterocycles. The zero-order valence-corrected chi connectivity index (χ0v) is 13.1. The Balaban J connectivity index is 1.84. The van der Waals surface area contributed by atoms with Gasteiger partial charge in [-0.2, -0.15) is 0 Å². The zero-order valence-electron chi connectivity index (χ0n) is 11.6. The molecule has 5 nitrogen and oxygen atoms in total. The molecule has 1 amide bonds. The van der Waals surface area contributed by atoms with Crippen LogP contribution in [0.1, 0.15) is 22.0 Å². The molecule has 0 fully saturated rings. The van der Waals surface area contributed by atoms with Crippen LogP contribution in [-0.4, -0.2) is 17.1 Å². The smallest absolute Gasteiger partial charge is 0.252 e. The second kappa shape index (κ2) is 5.66. The Hall–Kier alpha value is -1.98. The summed E-state index contributed by atoms with van der Waals surface area (Å²) in [7, 11) is 1.62.